The molecule has 0 saturated heterocycles. The summed E-state index contributed by atoms with van der Waals surface area (Å²) in [5.41, 5.74) is 3.03. The molecule has 0 aliphatic rings. The predicted octanol–water partition coefficient (Wildman–Crippen LogP) is 2.16. The van der Waals surface area contributed by atoms with Gasteiger partial charge >= 0.3 is 0 Å². The van der Waals surface area contributed by atoms with Crippen LogP contribution in [0.5, 0.6) is 0 Å². The molecule has 0 aliphatic heterocycles. The van der Waals surface area contributed by atoms with Gasteiger partial charge in [-0.25, -0.2) is 0 Å². The highest BCUT2D eigenvalue weighted by Gasteiger charge is 2.09. The quantitative estimate of drug-likeness (QED) is 0.869. The summed E-state index contributed by atoms with van der Waals surface area (Å²) in [5, 5.41) is 11.4. The highest BCUT2D eigenvalue weighted by atomic mass is 32.2. The van der Waals surface area contributed by atoms with Crippen LogP contribution < -0.4 is 5.32 Å². The lowest BCUT2D eigenvalue weighted by Crippen LogP contribution is -2.16. The van der Waals surface area contributed by atoms with Gasteiger partial charge in [0.1, 0.15) is 6.33 Å². The van der Waals surface area contributed by atoms with Crippen molar-refractivity contribution >= 4 is 23.4 Å². The minimum atomic E-state index is -0.0367. The van der Waals surface area contributed by atoms with E-state index in [1.165, 1.54) is 11.8 Å². The van der Waals surface area contributed by atoms with Crippen molar-refractivity contribution in [3.8, 4) is 0 Å². The zero-order chi connectivity index (χ0) is 13.8. The molecule has 19 heavy (non-hydrogen) atoms. The zero-order valence-electron chi connectivity index (χ0n) is 11.2. The van der Waals surface area contributed by atoms with Gasteiger partial charge in [-0.15, -0.1) is 10.2 Å². The third-order valence-electron chi connectivity index (χ3n) is 2.75. The number of nitrogens with zero attached hydrogens (tertiary/aromatic N) is 3. The van der Waals surface area contributed by atoms with E-state index in [2.05, 4.69) is 15.5 Å². The van der Waals surface area contributed by atoms with Crippen molar-refractivity contribution in [2.24, 2.45) is 7.05 Å². The van der Waals surface area contributed by atoms with Crippen LogP contribution in [0.25, 0.3) is 0 Å². The summed E-state index contributed by atoms with van der Waals surface area (Å²) in [4.78, 5) is 11.9. The lowest BCUT2D eigenvalue weighted by atomic mass is 10.1. The normalized spacial score (nSPS) is 10.5. The van der Waals surface area contributed by atoms with Gasteiger partial charge in [0, 0.05) is 12.7 Å². The molecular formula is C13H16N4OS. The van der Waals surface area contributed by atoms with Gasteiger partial charge in [-0.1, -0.05) is 30.0 Å². The summed E-state index contributed by atoms with van der Waals surface area (Å²) in [6, 6.07) is 5.95. The lowest BCUT2D eigenvalue weighted by molar-refractivity contribution is -0.113. The second-order valence-corrected chi connectivity index (χ2v) is 5.27. The van der Waals surface area contributed by atoms with E-state index in [0.717, 1.165) is 22.0 Å². The second kappa shape index (κ2) is 5.88. The molecule has 1 aromatic carbocycles. The van der Waals surface area contributed by atoms with Gasteiger partial charge in [-0.2, -0.15) is 0 Å². The molecule has 5 nitrogen and oxygen atoms in total. The molecule has 2 rings (SSSR count). The first kappa shape index (κ1) is 13.6. The Balaban J connectivity index is 1.97. The Hall–Kier alpha value is -1.82. The van der Waals surface area contributed by atoms with Crippen molar-refractivity contribution in [2.45, 2.75) is 19.0 Å². The molecule has 0 aliphatic carbocycles. The number of para-hydroxylation sites is 1. The average Bonchev–Trinajstić information content (AvgIpc) is 2.77. The molecule has 2 aromatic rings. The zero-order valence-corrected chi connectivity index (χ0v) is 12.0. The number of aryl methyl sites for hydroxylation is 3. The number of nitrogens with one attached hydrogen (secondary N) is 1. The van der Waals surface area contributed by atoms with Crippen molar-refractivity contribution in [1.82, 2.24) is 14.8 Å². The van der Waals surface area contributed by atoms with E-state index in [0.29, 0.717) is 5.75 Å². The van der Waals surface area contributed by atoms with Crippen molar-refractivity contribution in [2.75, 3.05) is 11.1 Å². The van der Waals surface area contributed by atoms with Gasteiger partial charge in [0.25, 0.3) is 0 Å². The number of rotatable bonds is 4. The van der Waals surface area contributed by atoms with E-state index in [4.69, 9.17) is 0 Å². The molecule has 0 spiro atoms. The molecule has 1 heterocycles. The molecule has 0 radical (unpaired) electrons. The molecule has 0 saturated carbocycles. The maximum absolute atomic E-state index is 11.9. The third-order valence-corrected chi connectivity index (χ3v) is 3.78. The molecular weight excluding hydrogens is 260 g/mol. The number of thioether (sulfide) groups is 1. The van der Waals surface area contributed by atoms with E-state index < -0.39 is 0 Å². The fourth-order valence-electron chi connectivity index (χ4n) is 1.72. The lowest BCUT2D eigenvalue weighted by Gasteiger charge is -2.10. The standard InChI is InChI=1S/C13H16N4OS/c1-9-5-4-6-10(2)12(9)15-11(18)7-19-13-16-14-8-17(13)3/h4-6,8H,7H2,1-3H3,(H,15,18). The van der Waals surface area contributed by atoms with Crippen LogP contribution in [0, 0.1) is 13.8 Å². The number of carbonyl (C=O) groups excluding carboxylic acids is 1. The second-order valence-electron chi connectivity index (χ2n) is 4.33. The summed E-state index contributed by atoms with van der Waals surface area (Å²) in [6.45, 7) is 3.97. The van der Waals surface area contributed by atoms with Gasteiger partial charge in [0.2, 0.25) is 5.91 Å². The fourth-order valence-corrected chi connectivity index (χ4v) is 2.41. The van der Waals surface area contributed by atoms with Gasteiger partial charge in [-0.05, 0) is 25.0 Å². The number of hydrogen-bond acceptors (Lipinski definition) is 4. The molecule has 0 fully saturated rings. The number of hydrogen-bond donors (Lipinski definition) is 1. The van der Waals surface area contributed by atoms with Crippen LogP contribution in [-0.4, -0.2) is 26.4 Å². The molecule has 6 heteroatoms. The summed E-state index contributed by atoms with van der Waals surface area (Å²) in [5.74, 6) is 0.283. The first-order chi connectivity index (χ1) is 9.08. The maximum Gasteiger partial charge on any atom is 0.234 e. The number of aromatic nitrogens is 3. The molecule has 100 valence electrons. The fraction of sp³-hybridized carbons (Fsp3) is 0.308. The molecule has 0 unspecified atom stereocenters. The van der Waals surface area contributed by atoms with Gasteiger partial charge in [0.15, 0.2) is 5.16 Å². The first-order valence-electron chi connectivity index (χ1n) is 5.91. The van der Waals surface area contributed by atoms with E-state index in [1.807, 2.05) is 39.1 Å². The summed E-state index contributed by atoms with van der Waals surface area (Å²) in [7, 11) is 1.85. The molecule has 1 aromatic heterocycles. The SMILES string of the molecule is Cc1cccc(C)c1NC(=O)CSc1nncn1C. The number of carbonyl (C=O) groups is 1. The molecule has 1 amide bonds. The molecule has 0 atom stereocenters. The first-order valence-corrected chi connectivity index (χ1v) is 6.89. The van der Waals surface area contributed by atoms with Crippen molar-refractivity contribution in [3.05, 3.63) is 35.7 Å². The van der Waals surface area contributed by atoms with E-state index in [-0.39, 0.29) is 5.91 Å². The smallest absolute Gasteiger partial charge is 0.234 e. The number of benzene rings is 1. The van der Waals surface area contributed by atoms with Crippen LogP contribution in [0.1, 0.15) is 11.1 Å². The minimum Gasteiger partial charge on any atom is -0.325 e. The monoisotopic (exact) mass is 276 g/mol. The molecule has 1 N–H and O–H groups in total. The Morgan fingerprint density at radius 1 is 1.37 bits per heavy atom. The van der Waals surface area contributed by atoms with Crippen LogP contribution in [0.3, 0.4) is 0 Å². The Kier molecular flexibility index (Phi) is 4.21. The third kappa shape index (κ3) is 3.35. The maximum atomic E-state index is 11.9. The van der Waals surface area contributed by atoms with Crippen LogP contribution in [-0.2, 0) is 11.8 Å². The van der Waals surface area contributed by atoms with Crippen LogP contribution in [0.2, 0.25) is 0 Å². The van der Waals surface area contributed by atoms with Crippen molar-refractivity contribution < 1.29 is 4.79 Å². The Morgan fingerprint density at radius 2 is 2.05 bits per heavy atom. The highest BCUT2D eigenvalue weighted by molar-refractivity contribution is 7.99. The molecule has 0 bridgehead atoms. The Bertz CT molecular complexity index is 574. The van der Waals surface area contributed by atoms with E-state index in [9.17, 15) is 4.79 Å². The van der Waals surface area contributed by atoms with Gasteiger partial charge in [-0.3, -0.25) is 4.79 Å². The topological polar surface area (TPSA) is 59.8 Å². The van der Waals surface area contributed by atoms with Gasteiger partial charge < -0.3 is 9.88 Å². The Labute approximate surface area is 116 Å². The van der Waals surface area contributed by atoms with Gasteiger partial charge in [0.05, 0.1) is 5.75 Å². The van der Waals surface area contributed by atoms with Crippen molar-refractivity contribution in [3.63, 3.8) is 0 Å². The number of anilines is 1. The summed E-state index contributed by atoms with van der Waals surface area (Å²) >= 11 is 1.37. The largest absolute Gasteiger partial charge is 0.325 e. The summed E-state index contributed by atoms with van der Waals surface area (Å²) in [6.07, 6.45) is 1.62. The highest BCUT2D eigenvalue weighted by Crippen LogP contribution is 2.20. The minimum absolute atomic E-state index is 0.0367. The number of amides is 1. The van der Waals surface area contributed by atoms with Crippen LogP contribution in [0.15, 0.2) is 29.7 Å². The average molecular weight is 276 g/mol. The van der Waals surface area contributed by atoms with E-state index >= 15 is 0 Å². The Morgan fingerprint density at radius 3 is 2.63 bits per heavy atom. The van der Waals surface area contributed by atoms with Crippen molar-refractivity contribution in [1.29, 1.82) is 0 Å². The summed E-state index contributed by atoms with van der Waals surface area (Å²) < 4.78 is 1.79. The van der Waals surface area contributed by atoms with Crippen LogP contribution >= 0.6 is 11.8 Å². The van der Waals surface area contributed by atoms with Crippen LogP contribution in [0.4, 0.5) is 5.69 Å². The predicted molar refractivity (Wildman–Crippen MR) is 76.3 cm³/mol. The van der Waals surface area contributed by atoms with E-state index in [1.54, 1.807) is 10.9 Å².